The van der Waals surface area contributed by atoms with Gasteiger partial charge in [-0.2, -0.15) is 5.10 Å². The van der Waals surface area contributed by atoms with Crippen LogP contribution >= 0.6 is 0 Å². The summed E-state index contributed by atoms with van der Waals surface area (Å²) in [4.78, 5) is 18.9. The van der Waals surface area contributed by atoms with Gasteiger partial charge in [-0.25, -0.2) is 9.67 Å². The third-order valence-corrected chi connectivity index (χ3v) is 3.63. The van der Waals surface area contributed by atoms with Crippen LogP contribution in [0.2, 0.25) is 0 Å². The molecule has 1 N–H and O–H groups in total. The molecule has 0 spiro atoms. The van der Waals surface area contributed by atoms with Crippen LogP contribution in [0, 0.1) is 6.92 Å². The fourth-order valence-electron chi connectivity index (χ4n) is 2.54. The summed E-state index contributed by atoms with van der Waals surface area (Å²) in [7, 11) is 0. The van der Waals surface area contributed by atoms with Gasteiger partial charge in [0.05, 0.1) is 24.1 Å². The van der Waals surface area contributed by atoms with Crippen LogP contribution in [0.1, 0.15) is 49.3 Å². The molecule has 0 aromatic carbocycles. The van der Waals surface area contributed by atoms with E-state index in [0.29, 0.717) is 24.3 Å². The summed E-state index contributed by atoms with van der Waals surface area (Å²) in [6.07, 6.45) is 2.60. The maximum atomic E-state index is 12.7. The Morgan fingerprint density at radius 2 is 2.14 bits per heavy atom. The maximum absolute atomic E-state index is 12.7. The van der Waals surface area contributed by atoms with Crippen molar-refractivity contribution in [2.24, 2.45) is 0 Å². The van der Waals surface area contributed by atoms with Gasteiger partial charge in [0.15, 0.2) is 5.65 Å². The highest BCUT2D eigenvalue weighted by Gasteiger charge is 2.19. The van der Waals surface area contributed by atoms with Gasteiger partial charge in [0.2, 0.25) is 0 Å². The Kier molecular flexibility index (Phi) is 5.13. The van der Waals surface area contributed by atoms with E-state index in [0.717, 1.165) is 17.5 Å². The van der Waals surface area contributed by atoms with Crippen LogP contribution in [0.3, 0.4) is 0 Å². The first kappa shape index (κ1) is 16.4. The van der Waals surface area contributed by atoms with E-state index in [1.807, 2.05) is 38.4 Å². The Bertz CT molecular complexity index is 657. The third kappa shape index (κ3) is 3.11. The summed E-state index contributed by atoms with van der Waals surface area (Å²) < 4.78 is 1.86. The number of aliphatic hydroxyl groups is 1. The molecule has 2 aromatic heterocycles. The Morgan fingerprint density at radius 3 is 2.73 bits per heavy atom. The van der Waals surface area contributed by atoms with E-state index in [-0.39, 0.29) is 18.6 Å². The molecule has 22 heavy (non-hydrogen) atoms. The summed E-state index contributed by atoms with van der Waals surface area (Å²) in [5.74, 6) is -0.0832. The molecular formula is C16H24N4O2. The molecular weight excluding hydrogens is 280 g/mol. The number of carbonyl (C=O) groups is 1. The van der Waals surface area contributed by atoms with Gasteiger partial charge in [-0.05, 0) is 33.3 Å². The first-order chi connectivity index (χ1) is 10.5. The molecule has 2 rings (SSSR count). The van der Waals surface area contributed by atoms with Crippen molar-refractivity contribution >= 4 is 16.9 Å². The zero-order chi connectivity index (χ0) is 16.3. The Morgan fingerprint density at radius 1 is 1.41 bits per heavy atom. The second kappa shape index (κ2) is 6.87. The van der Waals surface area contributed by atoms with Crippen molar-refractivity contribution in [3.05, 3.63) is 23.5 Å². The fourth-order valence-corrected chi connectivity index (χ4v) is 2.54. The average molecular weight is 304 g/mol. The van der Waals surface area contributed by atoms with Crippen molar-refractivity contribution in [3.63, 3.8) is 0 Å². The van der Waals surface area contributed by atoms with Gasteiger partial charge in [0.1, 0.15) is 0 Å². The first-order valence-electron chi connectivity index (χ1n) is 7.74. The minimum atomic E-state index is -0.0832. The Balaban J connectivity index is 2.43. The number of hydrogen-bond acceptors (Lipinski definition) is 4. The SMILES string of the molecule is CCCN(CCO)C(=O)c1cc2cnn(C(C)C)c2nc1C. The van der Waals surface area contributed by atoms with E-state index in [1.54, 1.807) is 11.1 Å². The van der Waals surface area contributed by atoms with E-state index in [2.05, 4.69) is 10.1 Å². The number of fused-ring (bicyclic) bond motifs is 1. The van der Waals surface area contributed by atoms with Crippen molar-refractivity contribution < 1.29 is 9.90 Å². The smallest absolute Gasteiger partial charge is 0.255 e. The molecule has 6 nitrogen and oxygen atoms in total. The van der Waals surface area contributed by atoms with E-state index in [4.69, 9.17) is 5.11 Å². The van der Waals surface area contributed by atoms with Crippen LogP contribution in [0.15, 0.2) is 12.3 Å². The van der Waals surface area contributed by atoms with Crippen molar-refractivity contribution in [1.82, 2.24) is 19.7 Å². The molecule has 2 heterocycles. The Hall–Kier alpha value is -1.95. The molecule has 0 radical (unpaired) electrons. The van der Waals surface area contributed by atoms with E-state index in [9.17, 15) is 4.79 Å². The monoisotopic (exact) mass is 304 g/mol. The quantitative estimate of drug-likeness (QED) is 0.888. The highest BCUT2D eigenvalue weighted by Crippen LogP contribution is 2.20. The number of aromatic nitrogens is 3. The van der Waals surface area contributed by atoms with E-state index < -0.39 is 0 Å². The van der Waals surface area contributed by atoms with Crippen molar-refractivity contribution in [2.45, 2.75) is 40.2 Å². The van der Waals surface area contributed by atoms with Gasteiger partial charge in [-0.1, -0.05) is 6.92 Å². The lowest BCUT2D eigenvalue weighted by Crippen LogP contribution is -2.34. The molecule has 0 unspecified atom stereocenters. The summed E-state index contributed by atoms with van der Waals surface area (Å²) in [5.41, 5.74) is 2.07. The molecule has 120 valence electrons. The highest BCUT2D eigenvalue weighted by atomic mass is 16.3. The molecule has 0 aliphatic carbocycles. The molecule has 0 fully saturated rings. The molecule has 0 atom stereocenters. The third-order valence-electron chi connectivity index (χ3n) is 3.63. The number of nitrogens with zero attached hydrogens (tertiary/aromatic N) is 4. The van der Waals surface area contributed by atoms with Crippen molar-refractivity contribution in [1.29, 1.82) is 0 Å². The second-order valence-corrected chi connectivity index (χ2v) is 5.73. The molecule has 2 aromatic rings. The van der Waals surface area contributed by atoms with Crippen LogP contribution in [0.4, 0.5) is 0 Å². The molecule has 6 heteroatoms. The fraction of sp³-hybridized carbons (Fsp3) is 0.562. The van der Waals surface area contributed by atoms with Gasteiger partial charge < -0.3 is 10.0 Å². The van der Waals surface area contributed by atoms with Gasteiger partial charge >= 0.3 is 0 Å². The van der Waals surface area contributed by atoms with Gasteiger partial charge in [-0.3, -0.25) is 4.79 Å². The number of amides is 1. The highest BCUT2D eigenvalue weighted by molar-refractivity contribution is 5.98. The number of carbonyl (C=O) groups excluding carboxylic acids is 1. The number of rotatable bonds is 6. The van der Waals surface area contributed by atoms with Crippen molar-refractivity contribution in [3.8, 4) is 0 Å². The summed E-state index contributed by atoms with van der Waals surface area (Å²) in [6.45, 7) is 8.88. The van der Waals surface area contributed by atoms with Crippen molar-refractivity contribution in [2.75, 3.05) is 19.7 Å². The molecule has 0 aliphatic rings. The van der Waals surface area contributed by atoms with E-state index >= 15 is 0 Å². The van der Waals surface area contributed by atoms with Crippen LogP contribution in [-0.2, 0) is 0 Å². The predicted octanol–water partition coefficient (Wildman–Crippen LogP) is 2.17. The normalized spacial score (nSPS) is 11.4. The second-order valence-electron chi connectivity index (χ2n) is 5.73. The van der Waals surface area contributed by atoms with Gasteiger partial charge in [-0.15, -0.1) is 0 Å². The zero-order valence-electron chi connectivity index (χ0n) is 13.7. The van der Waals surface area contributed by atoms with Crippen LogP contribution < -0.4 is 0 Å². The van der Waals surface area contributed by atoms with Gasteiger partial charge in [0, 0.05) is 24.5 Å². The first-order valence-corrected chi connectivity index (χ1v) is 7.74. The molecule has 0 saturated carbocycles. The molecule has 0 saturated heterocycles. The minimum absolute atomic E-state index is 0.0360. The maximum Gasteiger partial charge on any atom is 0.255 e. The number of pyridine rings is 1. The Labute approximate surface area is 130 Å². The summed E-state index contributed by atoms with van der Waals surface area (Å²) in [5, 5.41) is 14.3. The van der Waals surface area contributed by atoms with E-state index in [1.165, 1.54) is 0 Å². The molecule has 0 bridgehead atoms. The average Bonchev–Trinajstić information content (AvgIpc) is 2.88. The molecule has 1 amide bonds. The lowest BCUT2D eigenvalue weighted by Gasteiger charge is -2.21. The lowest BCUT2D eigenvalue weighted by atomic mass is 10.1. The topological polar surface area (TPSA) is 71.2 Å². The number of aryl methyl sites for hydroxylation is 1. The lowest BCUT2D eigenvalue weighted by molar-refractivity contribution is 0.0721. The largest absolute Gasteiger partial charge is 0.395 e. The number of aliphatic hydroxyl groups excluding tert-OH is 1. The number of hydrogen-bond donors (Lipinski definition) is 1. The minimum Gasteiger partial charge on any atom is -0.395 e. The van der Waals surface area contributed by atoms with Crippen LogP contribution in [0.5, 0.6) is 0 Å². The predicted molar refractivity (Wildman–Crippen MR) is 85.9 cm³/mol. The standard InChI is InChI=1S/C16H24N4O2/c1-5-6-19(7-8-21)16(22)14-9-13-10-17-20(11(2)3)15(13)18-12(14)4/h9-11,21H,5-8H2,1-4H3. The zero-order valence-corrected chi connectivity index (χ0v) is 13.7. The summed E-state index contributed by atoms with van der Waals surface area (Å²) >= 11 is 0. The van der Waals surface area contributed by atoms with Gasteiger partial charge in [0.25, 0.3) is 5.91 Å². The van der Waals surface area contributed by atoms with Crippen LogP contribution in [0.25, 0.3) is 11.0 Å². The molecule has 0 aliphatic heterocycles. The van der Waals surface area contributed by atoms with Crippen LogP contribution in [-0.4, -0.2) is 50.4 Å². The summed E-state index contributed by atoms with van der Waals surface area (Å²) in [6, 6.07) is 2.07.